The molecule has 1 fully saturated rings. The number of hydrogen-bond donors (Lipinski definition) is 2. The minimum absolute atomic E-state index is 0.0329. The summed E-state index contributed by atoms with van der Waals surface area (Å²) < 4.78 is 5.15. The lowest BCUT2D eigenvalue weighted by Gasteiger charge is -2.35. The van der Waals surface area contributed by atoms with Gasteiger partial charge in [0.15, 0.2) is 0 Å². The number of likely N-dealkylation sites (N-methyl/N-ethyl adjacent to an activating group) is 1. The van der Waals surface area contributed by atoms with E-state index < -0.39 is 5.54 Å². The number of nitrogens with two attached hydrogens (primary N) is 1. The molecule has 1 amide bonds. The molecular formula is C9H18N2O3. The Morgan fingerprint density at radius 2 is 2.14 bits per heavy atom. The molecule has 1 saturated heterocycles. The Kier molecular flexibility index (Phi) is 3.86. The van der Waals surface area contributed by atoms with E-state index >= 15 is 0 Å². The van der Waals surface area contributed by atoms with Crippen molar-refractivity contribution in [1.29, 1.82) is 0 Å². The molecule has 1 rings (SSSR count). The van der Waals surface area contributed by atoms with Gasteiger partial charge in [-0.05, 0) is 12.8 Å². The maximum Gasteiger partial charge on any atom is 0.242 e. The Morgan fingerprint density at radius 1 is 1.57 bits per heavy atom. The fourth-order valence-electron chi connectivity index (χ4n) is 1.58. The summed E-state index contributed by atoms with van der Waals surface area (Å²) in [5.41, 5.74) is 5.19. The molecule has 0 radical (unpaired) electrons. The topological polar surface area (TPSA) is 75.8 Å². The third-order valence-corrected chi connectivity index (χ3v) is 2.59. The second-order valence-electron chi connectivity index (χ2n) is 3.72. The highest BCUT2D eigenvalue weighted by molar-refractivity contribution is 5.86. The highest BCUT2D eigenvalue weighted by Gasteiger charge is 2.37. The van der Waals surface area contributed by atoms with Crippen LogP contribution in [0.5, 0.6) is 0 Å². The van der Waals surface area contributed by atoms with Crippen LogP contribution in [0.25, 0.3) is 0 Å². The van der Waals surface area contributed by atoms with E-state index in [2.05, 4.69) is 0 Å². The van der Waals surface area contributed by atoms with Gasteiger partial charge < -0.3 is 20.5 Å². The summed E-state index contributed by atoms with van der Waals surface area (Å²) in [6.07, 6.45) is 1.11. The van der Waals surface area contributed by atoms with Gasteiger partial charge in [-0.15, -0.1) is 0 Å². The second kappa shape index (κ2) is 4.72. The average Bonchev–Trinajstić information content (AvgIpc) is 2.18. The lowest BCUT2D eigenvalue weighted by Crippen LogP contribution is -2.57. The molecule has 1 heterocycles. The zero-order chi connectivity index (χ0) is 10.6. The molecule has 1 aliphatic rings. The lowest BCUT2D eigenvalue weighted by atomic mass is 9.90. The first kappa shape index (κ1) is 11.4. The van der Waals surface area contributed by atoms with E-state index in [-0.39, 0.29) is 12.5 Å². The number of amides is 1. The fraction of sp³-hybridized carbons (Fsp3) is 0.889. The van der Waals surface area contributed by atoms with Gasteiger partial charge in [0.1, 0.15) is 0 Å². The number of rotatable bonds is 3. The van der Waals surface area contributed by atoms with E-state index in [0.29, 0.717) is 32.6 Å². The number of hydrogen-bond acceptors (Lipinski definition) is 4. The molecule has 0 unspecified atom stereocenters. The van der Waals surface area contributed by atoms with Gasteiger partial charge in [0.25, 0.3) is 0 Å². The van der Waals surface area contributed by atoms with Gasteiger partial charge in [-0.2, -0.15) is 0 Å². The largest absolute Gasteiger partial charge is 0.395 e. The molecule has 0 bridgehead atoms. The van der Waals surface area contributed by atoms with Crippen molar-refractivity contribution in [3.63, 3.8) is 0 Å². The Bertz CT molecular complexity index is 202. The smallest absolute Gasteiger partial charge is 0.242 e. The van der Waals surface area contributed by atoms with Gasteiger partial charge in [-0.1, -0.05) is 0 Å². The van der Waals surface area contributed by atoms with Crippen LogP contribution in [0.4, 0.5) is 0 Å². The van der Waals surface area contributed by atoms with E-state index in [1.165, 1.54) is 4.90 Å². The monoisotopic (exact) mass is 202 g/mol. The molecule has 0 atom stereocenters. The van der Waals surface area contributed by atoms with Crippen LogP contribution in [-0.4, -0.2) is 54.9 Å². The van der Waals surface area contributed by atoms with Crippen molar-refractivity contribution in [3.05, 3.63) is 0 Å². The molecule has 0 aliphatic carbocycles. The van der Waals surface area contributed by atoms with Crippen LogP contribution in [0.15, 0.2) is 0 Å². The number of nitrogens with zero attached hydrogens (tertiary/aromatic N) is 1. The quantitative estimate of drug-likeness (QED) is 0.612. The summed E-state index contributed by atoms with van der Waals surface area (Å²) in [5.74, 6) is -0.102. The highest BCUT2D eigenvalue weighted by atomic mass is 16.5. The first-order valence-electron chi connectivity index (χ1n) is 4.83. The number of ether oxygens (including phenoxy) is 1. The third kappa shape index (κ3) is 2.43. The van der Waals surface area contributed by atoms with Crippen molar-refractivity contribution in [3.8, 4) is 0 Å². The normalized spacial score (nSPS) is 20.5. The molecule has 5 nitrogen and oxygen atoms in total. The van der Waals surface area contributed by atoms with Crippen molar-refractivity contribution in [2.45, 2.75) is 18.4 Å². The first-order valence-corrected chi connectivity index (χ1v) is 4.83. The Balaban J connectivity index is 2.56. The fourth-order valence-corrected chi connectivity index (χ4v) is 1.58. The summed E-state index contributed by atoms with van der Waals surface area (Å²) in [6.45, 7) is 1.37. The molecule has 1 aliphatic heterocycles. The van der Waals surface area contributed by atoms with Crippen molar-refractivity contribution >= 4 is 5.91 Å². The number of carbonyl (C=O) groups is 1. The summed E-state index contributed by atoms with van der Waals surface area (Å²) in [4.78, 5) is 13.3. The van der Waals surface area contributed by atoms with Crippen LogP contribution in [0, 0.1) is 0 Å². The molecular weight excluding hydrogens is 184 g/mol. The average molecular weight is 202 g/mol. The van der Waals surface area contributed by atoms with Gasteiger partial charge in [0.2, 0.25) is 5.91 Å². The Hall–Kier alpha value is -0.650. The number of aliphatic hydroxyl groups is 1. The molecule has 0 spiro atoms. The predicted octanol–water partition coefficient (Wildman–Crippen LogP) is -1.05. The van der Waals surface area contributed by atoms with Gasteiger partial charge in [0.05, 0.1) is 12.1 Å². The summed E-state index contributed by atoms with van der Waals surface area (Å²) in [6, 6.07) is 0. The maximum atomic E-state index is 11.8. The molecule has 0 aromatic carbocycles. The molecule has 3 N–H and O–H groups in total. The summed E-state index contributed by atoms with van der Waals surface area (Å²) in [7, 11) is 1.66. The minimum atomic E-state index is -0.790. The van der Waals surface area contributed by atoms with Crippen molar-refractivity contribution in [1.82, 2.24) is 4.90 Å². The summed E-state index contributed by atoms with van der Waals surface area (Å²) in [5, 5.41) is 8.71. The lowest BCUT2D eigenvalue weighted by molar-refractivity contribution is -0.139. The molecule has 82 valence electrons. The molecule has 5 heteroatoms. The standard InChI is InChI=1S/C9H18N2O3/c1-11(4-5-12)8(13)9(10)2-6-14-7-3-9/h12H,2-7,10H2,1H3. The van der Waals surface area contributed by atoms with Crippen LogP contribution in [0.3, 0.4) is 0 Å². The van der Waals surface area contributed by atoms with Crippen LogP contribution in [0.1, 0.15) is 12.8 Å². The maximum absolute atomic E-state index is 11.8. The van der Waals surface area contributed by atoms with Gasteiger partial charge in [-0.25, -0.2) is 0 Å². The van der Waals surface area contributed by atoms with Crippen LogP contribution in [0.2, 0.25) is 0 Å². The van der Waals surface area contributed by atoms with E-state index in [9.17, 15) is 4.79 Å². The third-order valence-electron chi connectivity index (χ3n) is 2.59. The Labute approximate surface area is 83.8 Å². The highest BCUT2D eigenvalue weighted by Crippen LogP contribution is 2.19. The SMILES string of the molecule is CN(CCO)C(=O)C1(N)CCOCC1. The van der Waals surface area contributed by atoms with Crippen LogP contribution < -0.4 is 5.73 Å². The second-order valence-corrected chi connectivity index (χ2v) is 3.72. The molecule has 0 aromatic rings. The van der Waals surface area contributed by atoms with Crippen LogP contribution >= 0.6 is 0 Å². The Morgan fingerprint density at radius 3 is 2.64 bits per heavy atom. The predicted molar refractivity (Wildman–Crippen MR) is 51.7 cm³/mol. The minimum Gasteiger partial charge on any atom is -0.395 e. The van der Waals surface area contributed by atoms with Crippen LogP contribution in [-0.2, 0) is 9.53 Å². The zero-order valence-corrected chi connectivity index (χ0v) is 8.53. The zero-order valence-electron chi connectivity index (χ0n) is 8.53. The van der Waals surface area contributed by atoms with Gasteiger partial charge in [0, 0.05) is 26.8 Å². The van der Waals surface area contributed by atoms with E-state index in [1.54, 1.807) is 7.05 Å². The number of aliphatic hydroxyl groups excluding tert-OH is 1. The van der Waals surface area contributed by atoms with E-state index in [1.807, 2.05) is 0 Å². The molecule has 0 saturated carbocycles. The first-order chi connectivity index (χ1) is 6.60. The van der Waals surface area contributed by atoms with Crippen molar-refractivity contribution in [2.75, 3.05) is 33.4 Å². The molecule has 0 aromatic heterocycles. The van der Waals surface area contributed by atoms with Gasteiger partial charge in [-0.3, -0.25) is 4.79 Å². The van der Waals surface area contributed by atoms with Crippen molar-refractivity contribution < 1.29 is 14.6 Å². The summed E-state index contributed by atoms with van der Waals surface area (Å²) >= 11 is 0. The van der Waals surface area contributed by atoms with Crippen molar-refractivity contribution in [2.24, 2.45) is 5.73 Å². The van der Waals surface area contributed by atoms with E-state index in [4.69, 9.17) is 15.6 Å². The van der Waals surface area contributed by atoms with E-state index in [0.717, 1.165) is 0 Å². The molecule has 14 heavy (non-hydrogen) atoms. The van der Waals surface area contributed by atoms with Gasteiger partial charge >= 0.3 is 0 Å². The number of carbonyl (C=O) groups excluding carboxylic acids is 1.